The van der Waals surface area contributed by atoms with Gasteiger partial charge in [0.2, 0.25) is 0 Å². The molecule has 1 aromatic heterocycles. The van der Waals surface area contributed by atoms with Crippen LogP contribution in [0.25, 0.3) is 11.1 Å². The zero-order valence-corrected chi connectivity index (χ0v) is 26.1. The van der Waals surface area contributed by atoms with Gasteiger partial charge in [0.25, 0.3) is 11.8 Å². The van der Waals surface area contributed by atoms with Crippen molar-refractivity contribution < 1.29 is 23.5 Å². The average molecular weight is 628 g/mol. The Hall–Kier alpha value is -4.77. The first-order valence-electron chi connectivity index (χ1n) is 14.8. The Morgan fingerprint density at radius 3 is 2.40 bits per heavy atom. The summed E-state index contributed by atoms with van der Waals surface area (Å²) in [6.45, 7) is 7.83. The van der Waals surface area contributed by atoms with Crippen LogP contribution in [0.15, 0.2) is 78.3 Å². The summed E-state index contributed by atoms with van der Waals surface area (Å²) in [7, 11) is 0. The average Bonchev–Trinajstić information content (AvgIpc) is 3.64. The van der Waals surface area contributed by atoms with Crippen LogP contribution in [0.2, 0.25) is 0 Å². The van der Waals surface area contributed by atoms with Crippen molar-refractivity contribution in [3.8, 4) is 11.1 Å². The molecule has 1 atom stereocenters. The second kappa shape index (κ2) is 12.3. The van der Waals surface area contributed by atoms with Crippen LogP contribution in [-0.2, 0) is 16.1 Å². The van der Waals surface area contributed by atoms with Crippen LogP contribution in [0.3, 0.4) is 0 Å². The molecule has 1 N–H and O–H groups in total. The van der Waals surface area contributed by atoms with Crippen LogP contribution in [0.4, 0.5) is 20.0 Å². The molecule has 4 aromatic rings. The van der Waals surface area contributed by atoms with Gasteiger partial charge in [-0.2, -0.15) is 0 Å². The number of aromatic nitrogens is 1. The van der Waals surface area contributed by atoms with Crippen molar-refractivity contribution in [3.05, 3.63) is 101 Å². The highest BCUT2D eigenvalue weighted by molar-refractivity contribution is 7.13. The molecule has 232 valence electrons. The highest BCUT2D eigenvalue weighted by Gasteiger charge is 2.38. The first-order valence-corrected chi connectivity index (χ1v) is 15.7. The Labute approximate surface area is 265 Å². The second-order valence-corrected chi connectivity index (χ2v) is 13.0. The number of halogens is 1. The number of nitrogens with one attached hydrogen (secondary N) is 1. The van der Waals surface area contributed by atoms with Crippen molar-refractivity contribution in [3.63, 3.8) is 0 Å². The molecule has 0 unspecified atom stereocenters. The number of piperazine rings is 1. The van der Waals surface area contributed by atoms with Gasteiger partial charge in [-0.25, -0.2) is 14.2 Å². The predicted molar refractivity (Wildman–Crippen MR) is 172 cm³/mol. The molecule has 2 aliphatic rings. The van der Waals surface area contributed by atoms with Crippen molar-refractivity contribution in [1.82, 2.24) is 14.8 Å². The number of carbonyl (C=O) groups excluding carboxylic acids is 3. The van der Waals surface area contributed by atoms with E-state index in [4.69, 9.17) is 4.74 Å². The molecule has 0 aliphatic carbocycles. The summed E-state index contributed by atoms with van der Waals surface area (Å²) in [5, 5.41) is 5.06. The first-order chi connectivity index (χ1) is 21.6. The standard InChI is InChI=1S/C34H34FN5O4S/c1-34(2,3)44-33(43)39-16-14-38(15-17-39)25-11-12-26(28(35)20-25)23-9-10-24-21-40(31(42)27(24)19-23)29(22-7-5-4-6-8-22)30(41)37-32-36-13-18-45-32/h4-13,18-20,29H,14-17,21H2,1-3H3,(H,36,37,41)/t29-/m1/s1. The van der Waals surface area contributed by atoms with E-state index in [1.165, 1.54) is 17.4 Å². The normalized spacial score (nSPS) is 15.6. The number of ether oxygens (including phenoxy) is 1. The number of nitrogens with zero attached hydrogens (tertiary/aromatic N) is 4. The molecule has 0 radical (unpaired) electrons. The summed E-state index contributed by atoms with van der Waals surface area (Å²) in [6.07, 6.45) is 1.26. The third-order valence-electron chi connectivity index (χ3n) is 7.84. The lowest BCUT2D eigenvalue weighted by atomic mass is 9.99. The van der Waals surface area contributed by atoms with Gasteiger partial charge in [0.1, 0.15) is 17.5 Å². The van der Waals surface area contributed by atoms with Gasteiger partial charge >= 0.3 is 6.09 Å². The van der Waals surface area contributed by atoms with Crippen LogP contribution in [0.1, 0.15) is 48.3 Å². The van der Waals surface area contributed by atoms with Crippen molar-refractivity contribution in [1.29, 1.82) is 0 Å². The highest BCUT2D eigenvalue weighted by Crippen LogP contribution is 2.36. The Morgan fingerprint density at radius 1 is 0.978 bits per heavy atom. The number of rotatable bonds is 6. The monoisotopic (exact) mass is 627 g/mol. The van der Waals surface area contributed by atoms with E-state index in [-0.39, 0.29) is 24.5 Å². The van der Waals surface area contributed by atoms with E-state index in [9.17, 15) is 14.4 Å². The predicted octanol–water partition coefficient (Wildman–Crippen LogP) is 6.34. The number of amides is 3. The van der Waals surface area contributed by atoms with Gasteiger partial charge in [0, 0.05) is 61.1 Å². The first kappa shape index (κ1) is 30.3. The Morgan fingerprint density at radius 2 is 1.73 bits per heavy atom. The molecular formula is C34H34FN5O4S. The molecule has 3 amide bonds. The number of anilines is 2. The van der Waals surface area contributed by atoms with Gasteiger partial charge in [-0.3, -0.25) is 14.9 Å². The van der Waals surface area contributed by atoms with E-state index in [1.807, 2.05) is 68.1 Å². The molecule has 9 nitrogen and oxygen atoms in total. The third kappa shape index (κ3) is 6.53. The molecule has 3 aromatic carbocycles. The van der Waals surface area contributed by atoms with E-state index >= 15 is 4.39 Å². The van der Waals surface area contributed by atoms with Gasteiger partial charge in [0.15, 0.2) is 5.13 Å². The Balaban J connectivity index is 1.18. The number of fused-ring (bicyclic) bond motifs is 1. The van der Waals surface area contributed by atoms with Crippen LogP contribution in [-0.4, -0.2) is 64.5 Å². The Kier molecular flexibility index (Phi) is 8.28. The molecule has 3 heterocycles. The molecule has 2 aliphatic heterocycles. The molecular weight excluding hydrogens is 593 g/mol. The Bertz CT molecular complexity index is 1720. The second-order valence-electron chi connectivity index (χ2n) is 12.1. The van der Waals surface area contributed by atoms with Gasteiger partial charge in [-0.15, -0.1) is 11.3 Å². The minimum Gasteiger partial charge on any atom is -0.444 e. The summed E-state index contributed by atoms with van der Waals surface area (Å²) < 4.78 is 21.1. The minimum atomic E-state index is -0.870. The lowest BCUT2D eigenvalue weighted by molar-refractivity contribution is -0.120. The van der Waals surface area contributed by atoms with E-state index < -0.39 is 17.5 Å². The van der Waals surface area contributed by atoms with Gasteiger partial charge in [0.05, 0.1) is 0 Å². The van der Waals surface area contributed by atoms with E-state index in [0.29, 0.717) is 53.6 Å². The third-order valence-corrected chi connectivity index (χ3v) is 8.53. The lowest BCUT2D eigenvalue weighted by Crippen LogP contribution is -2.50. The minimum absolute atomic E-state index is 0.246. The van der Waals surface area contributed by atoms with Crippen molar-refractivity contribution in [2.24, 2.45) is 0 Å². The van der Waals surface area contributed by atoms with Crippen molar-refractivity contribution in [2.45, 2.75) is 39.0 Å². The molecule has 45 heavy (non-hydrogen) atoms. The lowest BCUT2D eigenvalue weighted by Gasteiger charge is -2.36. The SMILES string of the molecule is CC(C)(C)OC(=O)N1CCN(c2ccc(-c3ccc4c(c3)C(=O)N([C@@H](C(=O)Nc3nccs3)c3ccccc3)C4)c(F)c2)CC1. The van der Waals surface area contributed by atoms with Crippen molar-refractivity contribution in [2.75, 3.05) is 36.4 Å². The fourth-order valence-electron chi connectivity index (χ4n) is 5.68. The number of hydrogen-bond acceptors (Lipinski definition) is 7. The zero-order valence-electron chi connectivity index (χ0n) is 25.3. The van der Waals surface area contributed by atoms with Crippen LogP contribution < -0.4 is 10.2 Å². The van der Waals surface area contributed by atoms with E-state index in [1.54, 1.807) is 39.6 Å². The van der Waals surface area contributed by atoms with E-state index in [2.05, 4.69) is 10.3 Å². The largest absolute Gasteiger partial charge is 0.444 e. The summed E-state index contributed by atoms with van der Waals surface area (Å²) in [5.41, 5.74) is 3.01. The summed E-state index contributed by atoms with van der Waals surface area (Å²) in [6, 6.07) is 18.7. The van der Waals surface area contributed by atoms with Gasteiger partial charge in [-0.05, 0) is 61.7 Å². The number of thiazole rings is 1. The molecule has 0 saturated carbocycles. The fourth-order valence-corrected chi connectivity index (χ4v) is 6.21. The summed E-state index contributed by atoms with van der Waals surface area (Å²) >= 11 is 1.30. The van der Waals surface area contributed by atoms with Crippen molar-refractivity contribution >= 4 is 40.1 Å². The number of carbonyl (C=O) groups is 3. The zero-order chi connectivity index (χ0) is 31.7. The number of hydrogen-bond donors (Lipinski definition) is 1. The van der Waals surface area contributed by atoms with Crippen LogP contribution in [0, 0.1) is 5.82 Å². The fraction of sp³-hybridized carbons (Fsp3) is 0.294. The van der Waals surface area contributed by atoms with Gasteiger partial charge in [-0.1, -0.05) is 42.5 Å². The smallest absolute Gasteiger partial charge is 0.410 e. The summed E-state index contributed by atoms with van der Waals surface area (Å²) in [4.78, 5) is 49.1. The number of benzene rings is 3. The molecule has 1 fully saturated rings. The van der Waals surface area contributed by atoms with Crippen LogP contribution in [0.5, 0.6) is 0 Å². The molecule has 0 bridgehead atoms. The summed E-state index contributed by atoms with van der Waals surface area (Å²) in [5.74, 6) is -1.06. The maximum atomic E-state index is 15.6. The molecule has 0 spiro atoms. The van der Waals surface area contributed by atoms with E-state index in [0.717, 1.165) is 11.3 Å². The van der Waals surface area contributed by atoms with Gasteiger partial charge < -0.3 is 19.4 Å². The quantitative estimate of drug-likeness (QED) is 0.268. The topological polar surface area (TPSA) is 95.1 Å². The molecule has 6 rings (SSSR count). The maximum absolute atomic E-state index is 15.6. The molecule has 11 heteroatoms. The maximum Gasteiger partial charge on any atom is 0.410 e. The van der Waals surface area contributed by atoms with Crippen LogP contribution >= 0.6 is 11.3 Å². The highest BCUT2D eigenvalue weighted by atomic mass is 32.1. The molecule has 1 saturated heterocycles.